The molecule has 1 heterocycles. The maximum Gasteiger partial charge on any atom is 0.237 e. The first-order valence-electron chi connectivity index (χ1n) is 8.48. The van der Waals surface area contributed by atoms with Crippen LogP contribution in [0, 0.1) is 6.92 Å². The molecule has 24 heavy (non-hydrogen) atoms. The van der Waals surface area contributed by atoms with E-state index in [4.69, 9.17) is 0 Å². The molecule has 4 heteroatoms. The number of hydrogen-bond acceptors (Lipinski definition) is 3. The fourth-order valence-electron chi connectivity index (χ4n) is 3.12. The summed E-state index contributed by atoms with van der Waals surface area (Å²) in [6.45, 7) is 2.88. The predicted molar refractivity (Wildman–Crippen MR) is 94.5 cm³/mol. The molecule has 2 aromatic rings. The molecule has 3 rings (SSSR count). The van der Waals surface area contributed by atoms with E-state index < -0.39 is 12.1 Å². The van der Waals surface area contributed by atoms with Crippen molar-refractivity contribution in [2.75, 3.05) is 6.54 Å². The largest absolute Gasteiger partial charge is 0.386 e. The zero-order valence-corrected chi connectivity index (χ0v) is 13.9. The second-order valence-electron chi connectivity index (χ2n) is 6.40. The highest BCUT2D eigenvalue weighted by molar-refractivity contribution is 5.82. The third-order valence-electron chi connectivity index (χ3n) is 4.57. The highest BCUT2D eigenvalue weighted by Gasteiger charge is 2.29. The summed E-state index contributed by atoms with van der Waals surface area (Å²) in [6.07, 6.45) is 1.06. The molecule has 3 N–H and O–H groups in total. The number of carbonyl (C=O) groups is 1. The summed E-state index contributed by atoms with van der Waals surface area (Å²) in [4.78, 5) is 12.5. The predicted octanol–water partition coefficient (Wildman–Crippen LogP) is 2.64. The Morgan fingerprint density at radius 3 is 2.46 bits per heavy atom. The second-order valence-corrected chi connectivity index (χ2v) is 6.40. The van der Waals surface area contributed by atoms with Crippen LogP contribution in [0.5, 0.6) is 0 Å². The van der Waals surface area contributed by atoms with Gasteiger partial charge in [0.05, 0.1) is 12.1 Å². The molecule has 1 fully saturated rings. The minimum absolute atomic E-state index is 0.0486. The first-order valence-corrected chi connectivity index (χ1v) is 8.48. The first-order chi connectivity index (χ1) is 11.6. The molecule has 1 aliphatic rings. The third-order valence-corrected chi connectivity index (χ3v) is 4.57. The molecule has 0 spiro atoms. The van der Waals surface area contributed by atoms with Gasteiger partial charge in [0.15, 0.2) is 0 Å². The van der Waals surface area contributed by atoms with E-state index in [-0.39, 0.29) is 11.9 Å². The molecular formula is C20H24N2O2. The van der Waals surface area contributed by atoms with Crippen LogP contribution >= 0.6 is 0 Å². The molecule has 1 saturated heterocycles. The van der Waals surface area contributed by atoms with E-state index in [1.54, 1.807) is 0 Å². The molecule has 0 aromatic heterocycles. The lowest BCUT2D eigenvalue weighted by Crippen LogP contribution is -2.43. The van der Waals surface area contributed by atoms with Crippen LogP contribution in [0.4, 0.5) is 0 Å². The summed E-state index contributed by atoms with van der Waals surface area (Å²) in [5.74, 6) is -0.0486. The Balaban J connectivity index is 1.84. The van der Waals surface area contributed by atoms with Crippen LogP contribution in [-0.4, -0.2) is 23.6 Å². The van der Waals surface area contributed by atoms with E-state index in [0.717, 1.165) is 36.1 Å². The van der Waals surface area contributed by atoms with Crippen molar-refractivity contribution < 1.29 is 9.90 Å². The monoisotopic (exact) mass is 324 g/mol. The Labute approximate surface area is 142 Å². The van der Waals surface area contributed by atoms with Crippen molar-refractivity contribution in [1.82, 2.24) is 10.6 Å². The van der Waals surface area contributed by atoms with Gasteiger partial charge in [-0.2, -0.15) is 0 Å². The van der Waals surface area contributed by atoms with Crippen molar-refractivity contribution in [2.24, 2.45) is 0 Å². The fourth-order valence-corrected chi connectivity index (χ4v) is 3.12. The highest BCUT2D eigenvalue weighted by atomic mass is 16.3. The lowest BCUT2D eigenvalue weighted by atomic mass is 9.95. The van der Waals surface area contributed by atoms with Crippen LogP contribution in [0.2, 0.25) is 0 Å². The summed E-state index contributed by atoms with van der Waals surface area (Å²) in [6, 6.07) is 16.8. The molecule has 0 radical (unpaired) electrons. The highest BCUT2D eigenvalue weighted by Crippen LogP contribution is 2.29. The molecule has 0 aliphatic carbocycles. The molecule has 0 unspecified atom stereocenters. The van der Waals surface area contributed by atoms with Gasteiger partial charge in [0.2, 0.25) is 5.91 Å². The average molecular weight is 324 g/mol. The van der Waals surface area contributed by atoms with E-state index >= 15 is 0 Å². The molecule has 0 saturated carbocycles. The van der Waals surface area contributed by atoms with Crippen LogP contribution in [-0.2, 0) is 4.79 Å². The number of nitrogens with one attached hydrogen (secondary N) is 2. The van der Waals surface area contributed by atoms with Gasteiger partial charge in [-0.05, 0) is 37.4 Å². The topological polar surface area (TPSA) is 61.4 Å². The van der Waals surface area contributed by atoms with Gasteiger partial charge in [0.1, 0.15) is 6.10 Å². The Bertz CT molecular complexity index is 664. The van der Waals surface area contributed by atoms with Crippen molar-refractivity contribution in [3.8, 4) is 0 Å². The summed E-state index contributed by atoms with van der Waals surface area (Å²) in [5, 5.41) is 17.1. The lowest BCUT2D eigenvalue weighted by molar-refractivity contribution is -0.124. The number of carbonyl (C=O) groups excluding carboxylic acids is 1. The zero-order valence-electron chi connectivity index (χ0n) is 13.9. The summed E-state index contributed by atoms with van der Waals surface area (Å²) >= 11 is 0. The van der Waals surface area contributed by atoms with Crippen molar-refractivity contribution in [3.05, 3.63) is 71.3 Å². The number of aliphatic hydroxyl groups is 1. The number of hydrogen-bond donors (Lipinski definition) is 3. The Morgan fingerprint density at radius 1 is 1.12 bits per heavy atom. The van der Waals surface area contributed by atoms with Crippen LogP contribution in [0.1, 0.15) is 41.7 Å². The summed E-state index contributed by atoms with van der Waals surface area (Å²) in [5.41, 5.74) is 2.84. The van der Waals surface area contributed by atoms with E-state index in [2.05, 4.69) is 10.6 Å². The van der Waals surface area contributed by atoms with Crippen LogP contribution in [0.3, 0.4) is 0 Å². The number of rotatable bonds is 5. The molecule has 0 bridgehead atoms. The number of benzene rings is 2. The molecule has 2 aromatic carbocycles. The van der Waals surface area contributed by atoms with Crippen molar-refractivity contribution >= 4 is 5.91 Å². The lowest BCUT2D eigenvalue weighted by Gasteiger charge is -2.26. The van der Waals surface area contributed by atoms with Gasteiger partial charge < -0.3 is 15.7 Å². The van der Waals surface area contributed by atoms with Gasteiger partial charge in [0, 0.05) is 0 Å². The number of aryl methyl sites for hydroxylation is 1. The Hall–Kier alpha value is -2.17. The zero-order chi connectivity index (χ0) is 16.9. The number of aliphatic hydroxyl groups excluding tert-OH is 1. The molecule has 126 valence electrons. The van der Waals surface area contributed by atoms with Gasteiger partial charge in [0.25, 0.3) is 0 Å². The van der Waals surface area contributed by atoms with Gasteiger partial charge in [-0.25, -0.2) is 0 Å². The van der Waals surface area contributed by atoms with E-state index in [1.165, 1.54) is 0 Å². The maximum atomic E-state index is 12.5. The van der Waals surface area contributed by atoms with E-state index in [9.17, 15) is 9.90 Å². The van der Waals surface area contributed by atoms with Crippen LogP contribution in [0.25, 0.3) is 0 Å². The van der Waals surface area contributed by atoms with Gasteiger partial charge in [-0.1, -0.05) is 60.2 Å². The quantitative estimate of drug-likeness (QED) is 0.792. The molecular weight excluding hydrogens is 300 g/mol. The van der Waals surface area contributed by atoms with Gasteiger partial charge in [-0.3, -0.25) is 4.79 Å². The van der Waals surface area contributed by atoms with Gasteiger partial charge in [-0.15, -0.1) is 0 Å². The van der Waals surface area contributed by atoms with Crippen molar-refractivity contribution in [1.29, 1.82) is 0 Å². The van der Waals surface area contributed by atoms with Crippen molar-refractivity contribution in [2.45, 2.75) is 38.0 Å². The van der Waals surface area contributed by atoms with Gasteiger partial charge >= 0.3 is 0 Å². The fraction of sp³-hybridized carbons (Fsp3) is 0.350. The van der Waals surface area contributed by atoms with E-state index in [1.807, 2.05) is 61.5 Å². The SMILES string of the molecule is Cc1ccc([C@H](O)[C@@H](NC(=O)[C@@H]2CCCN2)c2ccccc2)cc1. The minimum atomic E-state index is -0.793. The maximum absolute atomic E-state index is 12.5. The van der Waals surface area contributed by atoms with Crippen molar-refractivity contribution in [3.63, 3.8) is 0 Å². The standard InChI is InChI=1S/C20H24N2O2/c1-14-9-11-16(12-10-14)19(23)18(15-6-3-2-4-7-15)22-20(24)17-8-5-13-21-17/h2-4,6-7,9-12,17-19,21,23H,5,8,13H2,1H3,(H,22,24)/t17-,18-,19-/m0/s1. The third kappa shape index (κ3) is 3.83. The minimum Gasteiger partial charge on any atom is -0.386 e. The molecule has 1 aliphatic heterocycles. The van der Waals surface area contributed by atoms with Crippen LogP contribution < -0.4 is 10.6 Å². The first kappa shape index (κ1) is 16.7. The molecule has 1 amide bonds. The number of amides is 1. The second kappa shape index (κ2) is 7.60. The Morgan fingerprint density at radius 2 is 1.83 bits per heavy atom. The summed E-state index contributed by atoms with van der Waals surface area (Å²) < 4.78 is 0. The average Bonchev–Trinajstić information content (AvgIpc) is 3.15. The smallest absolute Gasteiger partial charge is 0.237 e. The Kier molecular flexibility index (Phi) is 5.28. The normalized spacial score (nSPS) is 19.7. The summed E-state index contributed by atoms with van der Waals surface area (Å²) in [7, 11) is 0. The molecule has 4 nitrogen and oxygen atoms in total. The van der Waals surface area contributed by atoms with Crippen LogP contribution in [0.15, 0.2) is 54.6 Å². The van der Waals surface area contributed by atoms with E-state index in [0.29, 0.717) is 0 Å². The molecule has 3 atom stereocenters.